The summed E-state index contributed by atoms with van der Waals surface area (Å²) in [7, 11) is 0. The lowest BCUT2D eigenvalue weighted by molar-refractivity contribution is -0.145. The Balaban J connectivity index is 2.47. The zero-order valence-corrected chi connectivity index (χ0v) is 5.26. The molecule has 0 spiro atoms. The van der Waals surface area contributed by atoms with Crippen LogP contribution in [-0.4, -0.2) is 23.5 Å². The first-order valence-corrected chi connectivity index (χ1v) is 2.94. The van der Waals surface area contributed by atoms with Crippen LogP contribution in [0.3, 0.4) is 0 Å². The molecule has 0 radical (unpaired) electrons. The van der Waals surface area contributed by atoms with E-state index in [0.717, 1.165) is 0 Å². The molecule has 1 unspecified atom stereocenters. The van der Waals surface area contributed by atoms with Crippen LogP contribution in [-0.2, 0) is 9.59 Å². The van der Waals surface area contributed by atoms with Crippen LogP contribution < -0.4 is 10.9 Å². The van der Waals surface area contributed by atoms with E-state index >= 15 is 0 Å². The van der Waals surface area contributed by atoms with Crippen LogP contribution in [0.25, 0.3) is 0 Å². The highest BCUT2D eigenvalue weighted by atomic mass is 16.4. The van der Waals surface area contributed by atoms with Crippen molar-refractivity contribution in [1.29, 1.82) is 0 Å². The van der Waals surface area contributed by atoms with Gasteiger partial charge in [-0.15, -0.1) is 0 Å². The van der Waals surface area contributed by atoms with Crippen LogP contribution in [0.5, 0.6) is 0 Å². The van der Waals surface area contributed by atoms with E-state index in [1.165, 1.54) is 0 Å². The molecule has 1 amide bonds. The van der Waals surface area contributed by atoms with E-state index in [1.54, 1.807) is 0 Å². The number of carboxylic acids is 1. The van der Waals surface area contributed by atoms with E-state index in [9.17, 15) is 9.59 Å². The van der Waals surface area contributed by atoms with Crippen LogP contribution in [0.15, 0.2) is 0 Å². The fourth-order valence-corrected chi connectivity index (χ4v) is 0.794. The van der Waals surface area contributed by atoms with Crippen molar-refractivity contribution in [2.45, 2.75) is 6.42 Å². The number of carboxylic acid groups (broad SMARTS) is 1. The number of nitrogens with one attached hydrogen (secondary N) is 2. The van der Waals surface area contributed by atoms with Gasteiger partial charge < -0.3 is 5.11 Å². The van der Waals surface area contributed by atoms with Crippen molar-refractivity contribution in [1.82, 2.24) is 10.9 Å². The summed E-state index contributed by atoms with van der Waals surface area (Å²) >= 11 is 0. The molecule has 0 bridgehead atoms. The van der Waals surface area contributed by atoms with Crippen LogP contribution in [0.2, 0.25) is 0 Å². The fourth-order valence-electron chi connectivity index (χ4n) is 0.794. The maximum absolute atomic E-state index is 10.5. The van der Waals surface area contributed by atoms with Crippen LogP contribution >= 0.6 is 0 Å². The second-order valence-electron chi connectivity index (χ2n) is 2.17. The van der Waals surface area contributed by atoms with Crippen molar-refractivity contribution in [3.8, 4) is 0 Å². The van der Waals surface area contributed by atoms with Crippen molar-refractivity contribution in [3.63, 3.8) is 0 Å². The average Bonchev–Trinajstić information content (AvgIpc) is 1.88. The molecule has 10 heavy (non-hydrogen) atoms. The first-order valence-electron chi connectivity index (χ1n) is 2.94. The number of amides is 1. The second kappa shape index (κ2) is 2.66. The maximum Gasteiger partial charge on any atom is 0.308 e. The molecule has 0 aliphatic carbocycles. The average molecular weight is 144 g/mol. The molecule has 1 rings (SSSR count). The third kappa shape index (κ3) is 1.44. The van der Waals surface area contributed by atoms with Gasteiger partial charge in [-0.2, -0.15) is 0 Å². The third-order valence-electron chi connectivity index (χ3n) is 1.36. The largest absolute Gasteiger partial charge is 0.481 e. The molecule has 3 N–H and O–H groups in total. The predicted molar refractivity (Wildman–Crippen MR) is 31.9 cm³/mol. The molecule has 0 saturated carbocycles. The Labute approximate surface area is 57.4 Å². The summed E-state index contributed by atoms with van der Waals surface area (Å²) in [6.07, 6.45) is 0.0718. The summed E-state index contributed by atoms with van der Waals surface area (Å²) in [5, 5.41) is 8.44. The summed E-state index contributed by atoms with van der Waals surface area (Å²) < 4.78 is 0. The predicted octanol–water partition coefficient (Wildman–Crippen LogP) is -1.29. The minimum absolute atomic E-state index is 0.0718. The van der Waals surface area contributed by atoms with Gasteiger partial charge >= 0.3 is 5.97 Å². The van der Waals surface area contributed by atoms with Gasteiger partial charge in [-0.25, -0.2) is 5.43 Å². The Hall–Kier alpha value is -1.10. The lowest BCUT2D eigenvalue weighted by atomic mass is 10.1. The van der Waals surface area contributed by atoms with Gasteiger partial charge in [0.2, 0.25) is 5.91 Å². The molecule has 0 aromatic carbocycles. The first-order chi connectivity index (χ1) is 4.70. The van der Waals surface area contributed by atoms with Gasteiger partial charge in [-0.3, -0.25) is 15.0 Å². The van der Waals surface area contributed by atoms with E-state index in [4.69, 9.17) is 5.11 Å². The van der Waals surface area contributed by atoms with E-state index in [-0.39, 0.29) is 12.3 Å². The van der Waals surface area contributed by atoms with E-state index in [1.807, 2.05) is 0 Å². The third-order valence-corrected chi connectivity index (χ3v) is 1.36. The summed E-state index contributed by atoms with van der Waals surface area (Å²) in [6, 6.07) is 0. The molecule has 5 nitrogen and oxygen atoms in total. The second-order valence-corrected chi connectivity index (χ2v) is 2.17. The number of hydrazine groups is 1. The van der Waals surface area contributed by atoms with Crippen molar-refractivity contribution in [2.24, 2.45) is 5.92 Å². The van der Waals surface area contributed by atoms with Crippen molar-refractivity contribution in [2.75, 3.05) is 6.54 Å². The molecule has 0 aromatic heterocycles. The minimum atomic E-state index is -0.928. The van der Waals surface area contributed by atoms with E-state index in [0.29, 0.717) is 6.54 Å². The van der Waals surface area contributed by atoms with Gasteiger partial charge in [0.15, 0.2) is 0 Å². The molecule has 1 atom stereocenters. The first kappa shape index (κ1) is 7.01. The Morgan fingerprint density at radius 1 is 1.70 bits per heavy atom. The van der Waals surface area contributed by atoms with Crippen molar-refractivity contribution in [3.05, 3.63) is 0 Å². The molecule has 5 heteroatoms. The van der Waals surface area contributed by atoms with Gasteiger partial charge in [0, 0.05) is 13.0 Å². The number of hydrogen-bond donors (Lipinski definition) is 3. The molecule has 1 saturated heterocycles. The quantitative estimate of drug-likeness (QED) is 0.428. The SMILES string of the molecule is O=C1CC(C(=O)O)CNN1. The lowest BCUT2D eigenvalue weighted by Gasteiger charge is -2.18. The van der Waals surface area contributed by atoms with Gasteiger partial charge in [-0.05, 0) is 0 Å². The number of aliphatic carboxylic acids is 1. The Morgan fingerprint density at radius 2 is 2.40 bits per heavy atom. The molecule has 1 aliphatic heterocycles. The Bertz CT molecular complexity index is 166. The van der Waals surface area contributed by atoms with Crippen LogP contribution in [0.1, 0.15) is 6.42 Å². The Morgan fingerprint density at radius 3 is 2.80 bits per heavy atom. The van der Waals surface area contributed by atoms with Gasteiger partial charge in [0.25, 0.3) is 0 Å². The highest BCUT2D eigenvalue weighted by Crippen LogP contribution is 2.03. The summed E-state index contributed by atoms with van der Waals surface area (Å²) in [6.45, 7) is 0.307. The van der Waals surface area contributed by atoms with Crippen molar-refractivity contribution >= 4 is 11.9 Å². The standard InChI is InChI=1S/C5H8N2O3/c8-4-1-3(5(9)10)2-6-7-4/h3,6H,1-2H2,(H,7,8)(H,9,10). The molecular weight excluding hydrogens is 136 g/mol. The summed E-state index contributed by atoms with van der Waals surface area (Å²) in [4.78, 5) is 20.8. The monoisotopic (exact) mass is 144 g/mol. The smallest absolute Gasteiger partial charge is 0.308 e. The molecule has 1 aliphatic rings. The zero-order valence-electron chi connectivity index (χ0n) is 5.26. The molecule has 56 valence electrons. The number of rotatable bonds is 1. The summed E-state index contributed by atoms with van der Waals surface area (Å²) in [5.74, 6) is -1.77. The van der Waals surface area contributed by atoms with Crippen LogP contribution in [0.4, 0.5) is 0 Å². The molecule has 1 fully saturated rings. The number of carbonyl (C=O) groups is 2. The summed E-state index contributed by atoms with van der Waals surface area (Å²) in [5.41, 5.74) is 4.80. The highest BCUT2D eigenvalue weighted by Gasteiger charge is 2.24. The number of hydrogen-bond acceptors (Lipinski definition) is 3. The van der Waals surface area contributed by atoms with Gasteiger partial charge in [0.1, 0.15) is 0 Å². The van der Waals surface area contributed by atoms with Gasteiger partial charge in [-0.1, -0.05) is 0 Å². The van der Waals surface area contributed by atoms with Crippen LogP contribution in [0, 0.1) is 5.92 Å². The fraction of sp³-hybridized carbons (Fsp3) is 0.600. The maximum atomic E-state index is 10.5. The van der Waals surface area contributed by atoms with Gasteiger partial charge in [0.05, 0.1) is 5.92 Å². The highest BCUT2D eigenvalue weighted by molar-refractivity contribution is 5.83. The van der Waals surface area contributed by atoms with E-state index in [2.05, 4.69) is 10.9 Å². The topological polar surface area (TPSA) is 78.4 Å². The normalized spacial score (nSPS) is 25.6. The van der Waals surface area contributed by atoms with Crippen molar-refractivity contribution < 1.29 is 14.7 Å². The number of carbonyl (C=O) groups excluding carboxylic acids is 1. The van der Waals surface area contributed by atoms with E-state index < -0.39 is 11.9 Å². The Kier molecular flexibility index (Phi) is 1.86. The molecule has 1 heterocycles. The lowest BCUT2D eigenvalue weighted by Crippen LogP contribution is -2.48. The minimum Gasteiger partial charge on any atom is -0.481 e. The molecule has 0 aromatic rings. The molecular formula is C5H8N2O3. The zero-order chi connectivity index (χ0) is 7.56.